The van der Waals surface area contributed by atoms with E-state index in [4.69, 9.17) is 0 Å². The molecule has 1 fully saturated rings. The van der Waals surface area contributed by atoms with E-state index in [1.807, 2.05) is 18.3 Å². The van der Waals surface area contributed by atoms with Gasteiger partial charge in [0.1, 0.15) is 0 Å². The molecule has 1 aromatic carbocycles. The van der Waals surface area contributed by atoms with E-state index in [0.717, 1.165) is 49.7 Å². The number of nitrogens with one attached hydrogen (secondary N) is 2. The van der Waals surface area contributed by atoms with Crippen LogP contribution < -0.4 is 10.0 Å². The Labute approximate surface area is 171 Å². The lowest BCUT2D eigenvalue weighted by Crippen LogP contribution is -2.32. The fraction of sp³-hybridized carbons (Fsp3) is 0.524. The van der Waals surface area contributed by atoms with Gasteiger partial charge >= 0.3 is 0 Å². The molecule has 1 saturated carbocycles. The molecule has 1 heterocycles. The smallest absolute Gasteiger partial charge is 0.240 e. The first-order valence-corrected chi connectivity index (χ1v) is 11.9. The van der Waals surface area contributed by atoms with Crippen molar-refractivity contribution in [2.75, 3.05) is 6.54 Å². The van der Waals surface area contributed by atoms with Crippen molar-refractivity contribution in [3.05, 3.63) is 47.8 Å². The van der Waals surface area contributed by atoms with Crippen molar-refractivity contribution < 1.29 is 13.2 Å². The van der Waals surface area contributed by atoms with Crippen molar-refractivity contribution in [3.8, 4) is 0 Å². The van der Waals surface area contributed by atoms with Gasteiger partial charge in [0.2, 0.25) is 15.9 Å². The van der Waals surface area contributed by atoms with Crippen LogP contribution in [0.15, 0.2) is 41.6 Å². The standard InChI is InChI=1S/C21H28N4O3S/c26-21(17-5-1-2-6-17)24-20-10-8-16-7-9-18(15-19(16)20)29(27,28)23-12-4-14-25-13-3-11-22-25/h3,7,9,11,13,15,17,20,23H,1-2,4-6,8,10,12,14H2,(H,24,26). The third-order valence-electron chi connectivity index (χ3n) is 5.96. The first-order valence-electron chi connectivity index (χ1n) is 10.4. The second kappa shape index (κ2) is 8.67. The fourth-order valence-corrected chi connectivity index (χ4v) is 5.45. The SMILES string of the molecule is O=C(NC1CCc2ccc(S(=O)(=O)NCCCn3cccn3)cc21)C1CCCC1. The van der Waals surface area contributed by atoms with Crippen LogP contribution >= 0.6 is 0 Å². The third kappa shape index (κ3) is 4.70. The Kier molecular flexibility index (Phi) is 6.01. The van der Waals surface area contributed by atoms with Crippen molar-refractivity contribution in [1.29, 1.82) is 0 Å². The van der Waals surface area contributed by atoms with Crippen LogP contribution in [0.5, 0.6) is 0 Å². The zero-order chi connectivity index (χ0) is 20.3. The Morgan fingerprint density at radius 2 is 2.03 bits per heavy atom. The monoisotopic (exact) mass is 416 g/mol. The minimum absolute atomic E-state index is 0.0898. The second-order valence-electron chi connectivity index (χ2n) is 7.96. The predicted molar refractivity (Wildman–Crippen MR) is 110 cm³/mol. The first-order chi connectivity index (χ1) is 14.0. The molecular weight excluding hydrogens is 388 g/mol. The maximum Gasteiger partial charge on any atom is 0.240 e. The number of hydrogen-bond donors (Lipinski definition) is 2. The Balaban J connectivity index is 1.39. The zero-order valence-electron chi connectivity index (χ0n) is 16.5. The second-order valence-corrected chi connectivity index (χ2v) is 9.73. The van der Waals surface area contributed by atoms with Gasteiger partial charge in [0.25, 0.3) is 0 Å². The highest BCUT2D eigenvalue weighted by atomic mass is 32.2. The quantitative estimate of drug-likeness (QED) is 0.647. The topological polar surface area (TPSA) is 93.1 Å². The van der Waals surface area contributed by atoms with E-state index in [2.05, 4.69) is 15.1 Å². The molecule has 29 heavy (non-hydrogen) atoms. The number of sulfonamides is 1. The summed E-state index contributed by atoms with van der Waals surface area (Å²) in [7, 11) is -3.58. The Hall–Kier alpha value is -2.19. The van der Waals surface area contributed by atoms with Gasteiger partial charge in [0.05, 0.1) is 10.9 Å². The number of carbonyl (C=O) groups excluding carboxylic acids is 1. The molecule has 2 aliphatic carbocycles. The van der Waals surface area contributed by atoms with Gasteiger partial charge in [-0.05, 0) is 61.4 Å². The highest BCUT2D eigenvalue weighted by molar-refractivity contribution is 7.89. The van der Waals surface area contributed by atoms with Crippen molar-refractivity contribution in [3.63, 3.8) is 0 Å². The molecule has 2 aliphatic rings. The number of benzene rings is 1. The van der Waals surface area contributed by atoms with Gasteiger partial charge in [-0.15, -0.1) is 0 Å². The molecule has 7 nitrogen and oxygen atoms in total. The van der Waals surface area contributed by atoms with E-state index < -0.39 is 10.0 Å². The number of hydrogen-bond acceptors (Lipinski definition) is 4. The molecule has 1 aromatic heterocycles. The minimum Gasteiger partial charge on any atom is -0.349 e. The van der Waals surface area contributed by atoms with E-state index in [1.165, 1.54) is 0 Å². The lowest BCUT2D eigenvalue weighted by atomic mass is 10.0. The van der Waals surface area contributed by atoms with E-state index in [9.17, 15) is 13.2 Å². The average Bonchev–Trinajstić information content (AvgIpc) is 3.47. The molecule has 2 N–H and O–H groups in total. The maximum absolute atomic E-state index is 12.7. The largest absolute Gasteiger partial charge is 0.349 e. The van der Waals surface area contributed by atoms with Crippen LogP contribution in [0.1, 0.15) is 55.7 Å². The molecule has 0 spiro atoms. The van der Waals surface area contributed by atoms with Crippen LogP contribution in [-0.2, 0) is 27.8 Å². The van der Waals surface area contributed by atoms with Crippen LogP contribution in [0.3, 0.4) is 0 Å². The van der Waals surface area contributed by atoms with E-state index >= 15 is 0 Å². The number of aryl methyl sites for hydroxylation is 2. The van der Waals surface area contributed by atoms with E-state index in [1.54, 1.807) is 23.0 Å². The minimum atomic E-state index is -3.58. The Morgan fingerprint density at radius 3 is 2.79 bits per heavy atom. The number of nitrogens with zero attached hydrogens (tertiary/aromatic N) is 2. The van der Waals surface area contributed by atoms with Crippen molar-refractivity contribution >= 4 is 15.9 Å². The van der Waals surface area contributed by atoms with Crippen molar-refractivity contribution in [2.45, 2.75) is 62.4 Å². The molecule has 1 atom stereocenters. The molecule has 156 valence electrons. The molecule has 0 saturated heterocycles. The fourth-order valence-electron chi connectivity index (χ4n) is 4.34. The normalized spacial score (nSPS) is 19.4. The van der Waals surface area contributed by atoms with Crippen LogP contribution in [0, 0.1) is 5.92 Å². The van der Waals surface area contributed by atoms with Gasteiger partial charge < -0.3 is 5.32 Å². The van der Waals surface area contributed by atoms with Crippen molar-refractivity contribution in [1.82, 2.24) is 19.8 Å². The molecule has 1 amide bonds. The molecule has 0 radical (unpaired) electrons. The van der Waals surface area contributed by atoms with Gasteiger partial charge in [-0.1, -0.05) is 18.9 Å². The van der Waals surface area contributed by atoms with Gasteiger partial charge in [-0.3, -0.25) is 9.48 Å². The molecule has 1 unspecified atom stereocenters. The average molecular weight is 417 g/mol. The first kappa shape index (κ1) is 20.1. The summed E-state index contributed by atoms with van der Waals surface area (Å²) in [6.45, 7) is 1.01. The van der Waals surface area contributed by atoms with Crippen molar-refractivity contribution in [2.24, 2.45) is 5.92 Å². The lowest BCUT2D eigenvalue weighted by Gasteiger charge is -2.18. The Morgan fingerprint density at radius 1 is 1.21 bits per heavy atom. The van der Waals surface area contributed by atoms with Gasteiger partial charge in [0.15, 0.2) is 0 Å². The van der Waals surface area contributed by atoms with Gasteiger partial charge in [0, 0.05) is 31.4 Å². The van der Waals surface area contributed by atoms with Crippen LogP contribution in [0.2, 0.25) is 0 Å². The summed E-state index contributed by atoms with van der Waals surface area (Å²) >= 11 is 0. The zero-order valence-corrected chi connectivity index (χ0v) is 17.3. The van der Waals surface area contributed by atoms with Crippen LogP contribution in [0.25, 0.3) is 0 Å². The number of amides is 1. The summed E-state index contributed by atoms with van der Waals surface area (Å²) in [4.78, 5) is 12.8. The summed E-state index contributed by atoms with van der Waals surface area (Å²) in [5.74, 6) is 0.229. The van der Waals surface area contributed by atoms with Crippen LogP contribution in [0.4, 0.5) is 0 Å². The predicted octanol–water partition coefficient (Wildman–Crippen LogP) is 2.55. The summed E-state index contributed by atoms with van der Waals surface area (Å²) < 4.78 is 29.9. The summed E-state index contributed by atoms with van der Waals surface area (Å²) in [5.41, 5.74) is 2.06. The molecular formula is C21H28N4O3S. The maximum atomic E-state index is 12.7. The van der Waals surface area contributed by atoms with Gasteiger partial charge in [-0.2, -0.15) is 5.10 Å². The number of carbonyl (C=O) groups is 1. The van der Waals surface area contributed by atoms with E-state index in [-0.39, 0.29) is 22.8 Å². The number of fused-ring (bicyclic) bond motifs is 1. The summed E-state index contributed by atoms with van der Waals surface area (Å²) in [5, 5.41) is 7.27. The number of aromatic nitrogens is 2. The molecule has 0 bridgehead atoms. The molecule has 8 heteroatoms. The highest BCUT2D eigenvalue weighted by Gasteiger charge is 2.29. The number of rotatable bonds is 8. The summed E-state index contributed by atoms with van der Waals surface area (Å²) in [6, 6.07) is 7.03. The molecule has 2 aromatic rings. The van der Waals surface area contributed by atoms with E-state index in [0.29, 0.717) is 19.5 Å². The molecule has 0 aliphatic heterocycles. The van der Waals surface area contributed by atoms with Gasteiger partial charge in [-0.25, -0.2) is 13.1 Å². The molecule has 4 rings (SSSR count). The highest BCUT2D eigenvalue weighted by Crippen LogP contribution is 2.34. The summed E-state index contributed by atoms with van der Waals surface area (Å²) in [6.07, 6.45) is 10.1. The van der Waals surface area contributed by atoms with Crippen LogP contribution in [-0.4, -0.2) is 30.7 Å². The Bertz CT molecular complexity index is 950. The third-order valence-corrected chi connectivity index (χ3v) is 7.42. The lowest BCUT2D eigenvalue weighted by molar-refractivity contribution is -0.125.